The highest BCUT2D eigenvalue weighted by atomic mass is 14.8. The van der Waals surface area contributed by atoms with Gasteiger partial charge < -0.3 is 0 Å². The van der Waals surface area contributed by atoms with Crippen LogP contribution in [0.3, 0.4) is 0 Å². The molecule has 0 bridgehead atoms. The van der Waals surface area contributed by atoms with Crippen LogP contribution in [0.15, 0.2) is 158 Å². The number of hydrogen-bond donors (Lipinski definition) is 0. The Morgan fingerprint density at radius 3 is 1.54 bits per heavy atom. The zero-order valence-corrected chi connectivity index (χ0v) is 24.8. The zero-order valence-electron chi connectivity index (χ0n) is 24.8. The molecule has 214 valence electrons. The first-order valence-corrected chi connectivity index (χ1v) is 15.4. The third-order valence-electron chi connectivity index (χ3n) is 8.66. The summed E-state index contributed by atoms with van der Waals surface area (Å²) in [7, 11) is 0. The number of hydrogen-bond acceptors (Lipinski definition) is 4. The maximum absolute atomic E-state index is 5.20. The fourth-order valence-corrected chi connectivity index (χ4v) is 6.32. The summed E-state index contributed by atoms with van der Waals surface area (Å²) >= 11 is 0. The van der Waals surface area contributed by atoms with Crippen LogP contribution in [0, 0.1) is 0 Å². The second-order valence-electron chi connectivity index (χ2n) is 11.5. The SMILES string of the molecule is c1ccc(-c2nc3ccccc3nc2-c2ccc(-c3ccc4ccc5ccc(-c6cccc7ccccc67)nc5c4n3)cc2)cc1. The highest BCUT2D eigenvalue weighted by molar-refractivity contribution is 6.05. The molecule has 0 saturated heterocycles. The summed E-state index contributed by atoms with van der Waals surface area (Å²) in [5.74, 6) is 0. The van der Waals surface area contributed by atoms with E-state index in [1.54, 1.807) is 0 Å². The Hall–Kier alpha value is -6.26. The molecule has 9 aromatic rings. The number of fused-ring (bicyclic) bond motifs is 5. The lowest BCUT2D eigenvalue weighted by molar-refractivity contribution is 1.29. The van der Waals surface area contributed by atoms with Crippen molar-refractivity contribution >= 4 is 43.6 Å². The maximum atomic E-state index is 5.20. The van der Waals surface area contributed by atoms with Gasteiger partial charge in [0.1, 0.15) is 0 Å². The van der Waals surface area contributed by atoms with Crippen molar-refractivity contribution in [2.45, 2.75) is 0 Å². The predicted molar refractivity (Wildman–Crippen MR) is 189 cm³/mol. The summed E-state index contributed by atoms with van der Waals surface area (Å²) in [4.78, 5) is 20.5. The van der Waals surface area contributed by atoms with E-state index in [1.165, 1.54) is 10.8 Å². The van der Waals surface area contributed by atoms with E-state index in [0.717, 1.165) is 77.9 Å². The molecule has 4 nitrogen and oxygen atoms in total. The highest BCUT2D eigenvalue weighted by Gasteiger charge is 2.14. The fraction of sp³-hybridized carbons (Fsp3) is 0. The number of benzene rings is 6. The van der Waals surface area contributed by atoms with E-state index in [0.29, 0.717) is 0 Å². The summed E-state index contributed by atoms with van der Waals surface area (Å²) in [6, 6.07) is 54.3. The molecule has 0 saturated carbocycles. The molecule has 0 aliphatic carbocycles. The Labute approximate surface area is 265 Å². The van der Waals surface area contributed by atoms with Crippen molar-refractivity contribution in [2.24, 2.45) is 0 Å². The summed E-state index contributed by atoms with van der Waals surface area (Å²) in [6.07, 6.45) is 0. The third-order valence-corrected chi connectivity index (χ3v) is 8.66. The topological polar surface area (TPSA) is 51.6 Å². The molecule has 0 aliphatic heterocycles. The van der Waals surface area contributed by atoms with Crippen LogP contribution in [0.2, 0.25) is 0 Å². The van der Waals surface area contributed by atoms with Gasteiger partial charge in [-0.05, 0) is 35.0 Å². The van der Waals surface area contributed by atoms with Gasteiger partial charge in [-0.1, -0.05) is 133 Å². The Balaban J connectivity index is 1.15. The van der Waals surface area contributed by atoms with Crippen LogP contribution in [0.5, 0.6) is 0 Å². The molecular weight excluding hydrogens is 560 g/mol. The summed E-state index contributed by atoms with van der Waals surface area (Å²) in [5, 5.41) is 4.53. The first kappa shape index (κ1) is 26.2. The quantitative estimate of drug-likeness (QED) is 0.193. The van der Waals surface area contributed by atoms with Crippen molar-refractivity contribution in [1.82, 2.24) is 19.9 Å². The van der Waals surface area contributed by atoms with Gasteiger partial charge >= 0.3 is 0 Å². The molecule has 3 aromatic heterocycles. The van der Waals surface area contributed by atoms with Crippen LogP contribution in [-0.4, -0.2) is 19.9 Å². The van der Waals surface area contributed by atoms with E-state index in [1.807, 2.05) is 42.5 Å². The van der Waals surface area contributed by atoms with Gasteiger partial charge in [0.25, 0.3) is 0 Å². The van der Waals surface area contributed by atoms with Gasteiger partial charge in [0.15, 0.2) is 0 Å². The van der Waals surface area contributed by atoms with Gasteiger partial charge in [0.05, 0.1) is 44.8 Å². The molecule has 6 aromatic carbocycles. The van der Waals surface area contributed by atoms with Gasteiger partial charge in [-0.3, -0.25) is 0 Å². The lowest BCUT2D eigenvalue weighted by Gasteiger charge is -2.12. The molecule has 0 N–H and O–H groups in total. The van der Waals surface area contributed by atoms with Gasteiger partial charge in [0, 0.05) is 33.0 Å². The van der Waals surface area contributed by atoms with E-state index in [9.17, 15) is 0 Å². The Bertz CT molecular complexity index is 2570. The van der Waals surface area contributed by atoms with Gasteiger partial charge in [-0.25, -0.2) is 19.9 Å². The lowest BCUT2D eigenvalue weighted by Crippen LogP contribution is -1.95. The molecule has 3 heterocycles. The minimum absolute atomic E-state index is 0.860. The molecular formula is C42H26N4. The second-order valence-corrected chi connectivity index (χ2v) is 11.5. The molecule has 0 spiro atoms. The standard InChI is InChI=1S/C42H26N4/c1-2-10-29(11-3-1)39-42(46-38-16-7-6-15-37(38)45-39)30-19-17-28(18-20-30)35-25-23-31-21-22-32-24-26-36(44-41(32)40(31)43-35)34-14-8-12-27-9-4-5-13-33(27)34/h1-26H. The number of pyridine rings is 2. The molecule has 9 rings (SSSR count). The Kier molecular flexibility index (Phi) is 6.10. The molecule has 0 fully saturated rings. The molecule has 46 heavy (non-hydrogen) atoms. The molecule has 4 heteroatoms. The minimum Gasteiger partial charge on any atom is -0.245 e. The molecule has 0 radical (unpaired) electrons. The van der Waals surface area contributed by atoms with Crippen LogP contribution < -0.4 is 0 Å². The van der Waals surface area contributed by atoms with Crippen molar-refractivity contribution < 1.29 is 0 Å². The first-order valence-electron chi connectivity index (χ1n) is 15.4. The molecule has 0 amide bonds. The highest BCUT2D eigenvalue weighted by Crippen LogP contribution is 2.34. The van der Waals surface area contributed by atoms with Crippen LogP contribution in [0.1, 0.15) is 0 Å². The summed E-state index contributed by atoms with van der Waals surface area (Å²) in [5.41, 5.74) is 11.3. The summed E-state index contributed by atoms with van der Waals surface area (Å²) < 4.78 is 0. The largest absolute Gasteiger partial charge is 0.245 e. The van der Waals surface area contributed by atoms with E-state index in [-0.39, 0.29) is 0 Å². The third kappa shape index (κ3) is 4.47. The zero-order chi connectivity index (χ0) is 30.5. The van der Waals surface area contributed by atoms with Crippen molar-refractivity contribution in [3.8, 4) is 45.0 Å². The normalized spacial score (nSPS) is 11.5. The number of aromatic nitrogens is 4. The maximum Gasteiger partial charge on any atom is 0.0973 e. The van der Waals surface area contributed by atoms with Crippen LogP contribution in [-0.2, 0) is 0 Å². The fourth-order valence-electron chi connectivity index (χ4n) is 6.32. The van der Waals surface area contributed by atoms with E-state index in [2.05, 4.69) is 115 Å². The predicted octanol–water partition coefficient (Wildman–Crippen LogP) is 10.5. The van der Waals surface area contributed by atoms with E-state index in [4.69, 9.17) is 19.9 Å². The lowest BCUT2D eigenvalue weighted by atomic mass is 10.0. The monoisotopic (exact) mass is 586 g/mol. The number of nitrogens with zero attached hydrogens (tertiary/aromatic N) is 4. The van der Waals surface area contributed by atoms with Crippen molar-refractivity contribution in [1.29, 1.82) is 0 Å². The van der Waals surface area contributed by atoms with Crippen LogP contribution in [0.25, 0.3) is 88.6 Å². The second kappa shape index (κ2) is 10.7. The molecule has 0 atom stereocenters. The number of rotatable bonds is 4. The van der Waals surface area contributed by atoms with Gasteiger partial charge in [-0.15, -0.1) is 0 Å². The molecule has 0 unspecified atom stereocenters. The average molecular weight is 587 g/mol. The average Bonchev–Trinajstić information content (AvgIpc) is 3.14. The van der Waals surface area contributed by atoms with Crippen molar-refractivity contribution in [3.63, 3.8) is 0 Å². The van der Waals surface area contributed by atoms with Crippen LogP contribution >= 0.6 is 0 Å². The van der Waals surface area contributed by atoms with Gasteiger partial charge in [0.2, 0.25) is 0 Å². The van der Waals surface area contributed by atoms with Gasteiger partial charge in [-0.2, -0.15) is 0 Å². The van der Waals surface area contributed by atoms with E-state index < -0.39 is 0 Å². The van der Waals surface area contributed by atoms with Crippen molar-refractivity contribution in [3.05, 3.63) is 158 Å². The first-order chi connectivity index (χ1) is 22.8. The van der Waals surface area contributed by atoms with Crippen molar-refractivity contribution in [2.75, 3.05) is 0 Å². The Morgan fingerprint density at radius 2 is 0.826 bits per heavy atom. The molecule has 0 aliphatic rings. The number of para-hydroxylation sites is 2. The Morgan fingerprint density at radius 1 is 0.304 bits per heavy atom. The summed E-state index contributed by atoms with van der Waals surface area (Å²) in [6.45, 7) is 0. The van der Waals surface area contributed by atoms with E-state index >= 15 is 0 Å². The smallest absolute Gasteiger partial charge is 0.0973 e. The minimum atomic E-state index is 0.860. The van der Waals surface area contributed by atoms with Crippen LogP contribution in [0.4, 0.5) is 0 Å².